The van der Waals surface area contributed by atoms with Crippen LogP contribution in [0.2, 0.25) is 0 Å². The molecule has 0 fully saturated rings. The van der Waals surface area contributed by atoms with Crippen molar-refractivity contribution in [2.45, 2.75) is 19.9 Å². The second-order valence-corrected chi connectivity index (χ2v) is 4.64. The van der Waals surface area contributed by atoms with E-state index < -0.39 is 11.9 Å². The zero-order valence-corrected chi connectivity index (χ0v) is 11.5. The summed E-state index contributed by atoms with van der Waals surface area (Å²) in [7, 11) is 0. The summed E-state index contributed by atoms with van der Waals surface area (Å²) >= 11 is 0. The summed E-state index contributed by atoms with van der Waals surface area (Å²) in [4.78, 5) is 23.4. The summed E-state index contributed by atoms with van der Waals surface area (Å²) < 4.78 is 6.38. The molecule has 21 heavy (non-hydrogen) atoms. The van der Waals surface area contributed by atoms with E-state index in [1.165, 1.54) is 28.9 Å². The summed E-state index contributed by atoms with van der Waals surface area (Å²) in [5.74, 6) is -2.04. The molecule has 0 aliphatic rings. The lowest BCUT2D eigenvalue weighted by molar-refractivity contribution is 0.0661. The number of aromatic nitrogens is 2. The van der Waals surface area contributed by atoms with Gasteiger partial charge in [-0.3, -0.25) is 4.68 Å². The Morgan fingerprint density at radius 2 is 2.05 bits per heavy atom. The van der Waals surface area contributed by atoms with Crippen molar-refractivity contribution in [2.24, 2.45) is 0 Å². The van der Waals surface area contributed by atoms with Gasteiger partial charge >= 0.3 is 11.9 Å². The predicted molar refractivity (Wildman–Crippen MR) is 72.6 cm³/mol. The SMILES string of the molecule is CC(C)n1ncc(C(=O)O)c1C(=O)Oc1cccc(O)c1. The van der Waals surface area contributed by atoms with Crippen LogP contribution in [0.1, 0.15) is 40.7 Å². The zero-order chi connectivity index (χ0) is 15.6. The molecule has 7 nitrogen and oxygen atoms in total. The van der Waals surface area contributed by atoms with Crippen molar-refractivity contribution < 1.29 is 24.5 Å². The minimum atomic E-state index is -1.26. The van der Waals surface area contributed by atoms with E-state index in [-0.39, 0.29) is 28.8 Å². The smallest absolute Gasteiger partial charge is 0.362 e. The maximum Gasteiger partial charge on any atom is 0.362 e. The van der Waals surface area contributed by atoms with E-state index >= 15 is 0 Å². The number of ether oxygens (including phenoxy) is 1. The topological polar surface area (TPSA) is 102 Å². The molecule has 0 bridgehead atoms. The van der Waals surface area contributed by atoms with E-state index in [4.69, 9.17) is 9.84 Å². The van der Waals surface area contributed by atoms with Crippen LogP contribution in [0, 0.1) is 0 Å². The third-order valence-electron chi connectivity index (χ3n) is 2.74. The van der Waals surface area contributed by atoms with Crippen molar-refractivity contribution in [1.82, 2.24) is 9.78 Å². The van der Waals surface area contributed by atoms with Gasteiger partial charge in [-0.1, -0.05) is 6.07 Å². The molecular weight excluding hydrogens is 276 g/mol. The minimum absolute atomic E-state index is 0.0591. The lowest BCUT2D eigenvalue weighted by Gasteiger charge is -2.11. The number of benzene rings is 1. The van der Waals surface area contributed by atoms with Gasteiger partial charge in [-0.2, -0.15) is 5.10 Å². The fourth-order valence-corrected chi connectivity index (χ4v) is 1.82. The molecule has 0 saturated carbocycles. The average Bonchev–Trinajstić information content (AvgIpc) is 2.83. The highest BCUT2D eigenvalue weighted by Crippen LogP contribution is 2.21. The Kier molecular flexibility index (Phi) is 3.93. The maximum absolute atomic E-state index is 12.2. The molecule has 0 amide bonds. The number of carbonyl (C=O) groups is 2. The molecule has 110 valence electrons. The van der Waals surface area contributed by atoms with Gasteiger partial charge in [0.15, 0.2) is 5.69 Å². The van der Waals surface area contributed by atoms with E-state index in [0.29, 0.717) is 0 Å². The number of carbonyl (C=O) groups excluding carboxylic acids is 1. The number of carboxylic acids is 1. The molecule has 0 radical (unpaired) electrons. The minimum Gasteiger partial charge on any atom is -0.508 e. The van der Waals surface area contributed by atoms with Crippen LogP contribution in [-0.4, -0.2) is 31.9 Å². The summed E-state index contributed by atoms with van der Waals surface area (Å²) in [6.45, 7) is 3.54. The van der Waals surface area contributed by atoms with Crippen LogP contribution >= 0.6 is 0 Å². The third kappa shape index (κ3) is 3.02. The highest BCUT2D eigenvalue weighted by molar-refractivity contribution is 6.01. The molecule has 1 heterocycles. The molecule has 2 aromatic rings. The fourth-order valence-electron chi connectivity index (χ4n) is 1.82. The molecule has 0 aliphatic heterocycles. The predicted octanol–water partition coefficient (Wildman–Crippen LogP) is 2.09. The molecule has 0 aliphatic carbocycles. The number of carboxylic acid groups (broad SMARTS) is 1. The molecule has 2 N–H and O–H groups in total. The Morgan fingerprint density at radius 1 is 1.33 bits per heavy atom. The van der Waals surface area contributed by atoms with E-state index in [0.717, 1.165) is 6.20 Å². The Hall–Kier alpha value is -2.83. The Bertz CT molecular complexity index is 690. The van der Waals surface area contributed by atoms with Gasteiger partial charge in [0.1, 0.15) is 17.1 Å². The number of aromatic carboxylic acids is 1. The van der Waals surface area contributed by atoms with Crippen LogP contribution < -0.4 is 4.74 Å². The van der Waals surface area contributed by atoms with Gasteiger partial charge in [-0.15, -0.1) is 0 Å². The van der Waals surface area contributed by atoms with Crippen molar-refractivity contribution in [3.8, 4) is 11.5 Å². The third-order valence-corrected chi connectivity index (χ3v) is 2.74. The summed E-state index contributed by atoms with van der Waals surface area (Å²) in [6, 6.07) is 5.47. The van der Waals surface area contributed by atoms with Crippen LogP contribution in [0.15, 0.2) is 30.5 Å². The van der Waals surface area contributed by atoms with E-state index in [2.05, 4.69) is 5.10 Å². The molecule has 0 saturated heterocycles. The van der Waals surface area contributed by atoms with Gasteiger partial charge in [-0.05, 0) is 26.0 Å². The summed E-state index contributed by atoms with van der Waals surface area (Å²) in [5.41, 5.74) is -0.366. The molecule has 1 aromatic heterocycles. The number of rotatable bonds is 4. The van der Waals surface area contributed by atoms with Crippen LogP contribution in [0.5, 0.6) is 11.5 Å². The summed E-state index contributed by atoms with van der Waals surface area (Å²) in [5, 5.41) is 22.4. The number of hydrogen-bond donors (Lipinski definition) is 2. The lowest BCUT2D eigenvalue weighted by atomic mass is 10.2. The first-order valence-electron chi connectivity index (χ1n) is 6.22. The first-order chi connectivity index (χ1) is 9.90. The molecule has 1 aromatic carbocycles. The highest BCUT2D eigenvalue weighted by atomic mass is 16.5. The quantitative estimate of drug-likeness (QED) is 0.660. The van der Waals surface area contributed by atoms with Crippen LogP contribution in [-0.2, 0) is 0 Å². The second-order valence-electron chi connectivity index (χ2n) is 4.64. The number of aromatic hydroxyl groups is 1. The lowest BCUT2D eigenvalue weighted by Crippen LogP contribution is -2.20. The van der Waals surface area contributed by atoms with Crippen LogP contribution in [0.4, 0.5) is 0 Å². The Labute approximate surface area is 120 Å². The van der Waals surface area contributed by atoms with Crippen molar-refractivity contribution in [2.75, 3.05) is 0 Å². The highest BCUT2D eigenvalue weighted by Gasteiger charge is 2.26. The molecule has 7 heteroatoms. The van der Waals surface area contributed by atoms with Gasteiger partial charge < -0.3 is 14.9 Å². The normalized spacial score (nSPS) is 10.6. The monoisotopic (exact) mass is 290 g/mol. The van der Waals surface area contributed by atoms with E-state index in [1.807, 2.05) is 0 Å². The largest absolute Gasteiger partial charge is 0.508 e. The second kappa shape index (κ2) is 5.66. The van der Waals surface area contributed by atoms with Gasteiger partial charge in [0, 0.05) is 12.1 Å². The van der Waals surface area contributed by atoms with Crippen LogP contribution in [0.25, 0.3) is 0 Å². The standard InChI is InChI=1S/C14H14N2O5/c1-8(2)16-12(11(7-15-16)13(18)19)14(20)21-10-5-3-4-9(17)6-10/h3-8,17H,1-2H3,(H,18,19). The molecular formula is C14H14N2O5. The molecule has 0 unspecified atom stereocenters. The van der Waals surface area contributed by atoms with E-state index in [9.17, 15) is 14.7 Å². The number of phenols is 1. The molecule has 0 atom stereocenters. The van der Waals surface area contributed by atoms with Crippen molar-refractivity contribution >= 4 is 11.9 Å². The van der Waals surface area contributed by atoms with Crippen molar-refractivity contribution in [3.05, 3.63) is 41.7 Å². The number of hydrogen-bond acceptors (Lipinski definition) is 5. The maximum atomic E-state index is 12.2. The number of esters is 1. The molecule has 0 spiro atoms. The fraction of sp³-hybridized carbons (Fsp3) is 0.214. The van der Waals surface area contributed by atoms with Gasteiger partial charge in [0.25, 0.3) is 0 Å². The van der Waals surface area contributed by atoms with Crippen molar-refractivity contribution in [3.63, 3.8) is 0 Å². The zero-order valence-electron chi connectivity index (χ0n) is 11.5. The van der Waals surface area contributed by atoms with Gasteiger partial charge in [0.2, 0.25) is 0 Å². The number of nitrogens with zero attached hydrogens (tertiary/aromatic N) is 2. The van der Waals surface area contributed by atoms with E-state index in [1.54, 1.807) is 13.8 Å². The van der Waals surface area contributed by atoms with Crippen LogP contribution in [0.3, 0.4) is 0 Å². The summed E-state index contributed by atoms with van der Waals surface area (Å²) in [6.07, 6.45) is 1.11. The van der Waals surface area contributed by atoms with Crippen molar-refractivity contribution in [1.29, 1.82) is 0 Å². The Balaban J connectivity index is 2.38. The first kappa shape index (κ1) is 14.6. The van der Waals surface area contributed by atoms with Gasteiger partial charge in [0.05, 0.1) is 6.20 Å². The first-order valence-corrected chi connectivity index (χ1v) is 6.22. The molecule has 2 rings (SSSR count). The average molecular weight is 290 g/mol. The van der Waals surface area contributed by atoms with Gasteiger partial charge in [-0.25, -0.2) is 9.59 Å². The Morgan fingerprint density at radius 3 is 2.62 bits per heavy atom. The number of phenolic OH excluding ortho intramolecular Hbond substituents is 1.